The predicted octanol–water partition coefficient (Wildman–Crippen LogP) is 2.95. The Labute approximate surface area is 185 Å². The molecule has 4 aromatic rings. The van der Waals surface area contributed by atoms with Gasteiger partial charge in [-0.25, -0.2) is 4.68 Å². The minimum absolute atomic E-state index is 0.305. The van der Waals surface area contributed by atoms with Crippen molar-refractivity contribution in [2.45, 2.75) is 19.4 Å². The SMILES string of the molecule is Cc1c(NC(=O)[C@@H](Cc2ccccc2)NC(=O)c2ccccc2)cccc1-n1cnnn1. The highest BCUT2D eigenvalue weighted by Gasteiger charge is 2.23. The average molecular weight is 426 g/mol. The number of amides is 2. The van der Waals surface area contributed by atoms with E-state index in [1.54, 1.807) is 30.3 Å². The zero-order valence-electron chi connectivity index (χ0n) is 17.5. The lowest BCUT2D eigenvalue weighted by Gasteiger charge is -2.20. The van der Waals surface area contributed by atoms with Crippen molar-refractivity contribution in [3.8, 4) is 5.69 Å². The van der Waals surface area contributed by atoms with E-state index in [-0.39, 0.29) is 11.8 Å². The number of benzene rings is 3. The molecule has 0 aliphatic carbocycles. The summed E-state index contributed by atoms with van der Waals surface area (Å²) in [5.74, 6) is -0.615. The lowest BCUT2D eigenvalue weighted by atomic mass is 10.0. The maximum Gasteiger partial charge on any atom is 0.251 e. The maximum atomic E-state index is 13.3. The minimum atomic E-state index is -0.763. The summed E-state index contributed by atoms with van der Waals surface area (Å²) in [5.41, 5.74) is 3.62. The van der Waals surface area contributed by atoms with Crippen molar-refractivity contribution in [2.75, 3.05) is 5.32 Å². The molecule has 1 heterocycles. The summed E-state index contributed by atoms with van der Waals surface area (Å²) in [7, 11) is 0. The lowest BCUT2D eigenvalue weighted by Crippen LogP contribution is -2.45. The Morgan fingerprint density at radius 3 is 2.34 bits per heavy atom. The van der Waals surface area contributed by atoms with Crippen molar-refractivity contribution in [1.29, 1.82) is 0 Å². The van der Waals surface area contributed by atoms with Crippen LogP contribution in [-0.4, -0.2) is 38.1 Å². The monoisotopic (exact) mass is 426 g/mol. The van der Waals surface area contributed by atoms with Crippen molar-refractivity contribution in [3.05, 3.63) is 102 Å². The number of hydrogen-bond donors (Lipinski definition) is 2. The second-order valence-corrected chi connectivity index (χ2v) is 7.28. The third-order valence-corrected chi connectivity index (χ3v) is 5.10. The molecule has 8 heteroatoms. The highest BCUT2D eigenvalue weighted by Crippen LogP contribution is 2.22. The first-order chi connectivity index (χ1) is 15.6. The summed E-state index contributed by atoms with van der Waals surface area (Å²) in [6, 6.07) is 23.1. The predicted molar refractivity (Wildman–Crippen MR) is 120 cm³/mol. The quantitative estimate of drug-likeness (QED) is 0.473. The van der Waals surface area contributed by atoms with Gasteiger partial charge in [0.15, 0.2) is 0 Å². The Morgan fingerprint density at radius 1 is 0.938 bits per heavy atom. The van der Waals surface area contributed by atoms with Gasteiger partial charge in [0.25, 0.3) is 5.91 Å². The van der Waals surface area contributed by atoms with Crippen LogP contribution in [0.5, 0.6) is 0 Å². The molecule has 0 fully saturated rings. The van der Waals surface area contributed by atoms with E-state index in [0.717, 1.165) is 16.8 Å². The summed E-state index contributed by atoms with van der Waals surface area (Å²) in [6.45, 7) is 1.88. The largest absolute Gasteiger partial charge is 0.340 e. The first kappa shape index (κ1) is 20.9. The number of anilines is 1. The molecule has 0 radical (unpaired) electrons. The maximum absolute atomic E-state index is 13.3. The van der Waals surface area contributed by atoms with Crippen molar-refractivity contribution >= 4 is 17.5 Å². The molecular formula is C24H22N6O2. The van der Waals surface area contributed by atoms with Crippen molar-refractivity contribution in [3.63, 3.8) is 0 Å². The lowest BCUT2D eigenvalue weighted by molar-refractivity contribution is -0.118. The van der Waals surface area contributed by atoms with E-state index in [9.17, 15) is 9.59 Å². The Balaban J connectivity index is 1.57. The molecule has 1 atom stereocenters. The van der Waals surface area contributed by atoms with Crippen LogP contribution in [0.3, 0.4) is 0 Å². The molecule has 0 unspecified atom stereocenters. The number of carbonyl (C=O) groups is 2. The fourth-order valence-corrected chi connectivity index (χ4v) is 3.39. The van der Waals surface area contributed by atoms with Crippen LogP contribution < -0.4 is 10.6 Å². The van der Waals surface area contributed by atoms with Gasteiger partial charge in [-0.15, -0.1) is 5.10 Å². The normalized spacial score (nSPS) is 11.5. The summed E-state index contributed by atoms with van der Waals surface area (Å²) in [6.07, 6.45) is 1.85. The van der Waals surface area contributed by atoms with E-state index in [4.69, 9.17) is 0 Å². The van der Waals surface area contributed by atoms with E-state index in [1.807, 2.05) is 55.5 Å². The number of nitrogens with zero attached hydrogens (tertiary/aromatic N) is 4. The van der Waals surface area contributed by atoms with E-state index in [2.05, 4.69) is 26.2 Å². The molecule has 8 nitrogen and oxygen atoms in total. The average Bonchev–Trinajstić information content (AvgIpc) is 3.36. The van der Waals surface area contributed by atoms with E-state index in [0.29, 0.717) is 17.7 Å². The molecule has 0 saturated heterocycles. The van der Waals surface area contributed by atoms with Crippen LogP contribution in [0.4, 0.5) is 5.69 Å². The zero-order chi connectivity index (χ0) is 22.3. The van der Waals surface area contributed by atoms with Crippen LogP contribution in [0.2, 0.25) is 0 Å². The first-order valence-electron chi connectivity index (χ1n) is 10.2. The first-order valence-corrected chi connectivity index (χ1v) is 10.2. The van der Waals surface area contributed by atoms with Gasteiger partial charge in [-0.05, 0) is 52.7 Å². The highest BCUT2D eigenvalue weighted by molar-refractivity contribution is 6.01. The smallest absolute Gasteiger partial charge is 0.251 e. The third-order valence-electron chi connectivity index (χ3n) is 5.10. The topological polar surface area (TPSA) is 102 Å². The molecule has 0 aliphatic heterocycles. The Bertz CT molecular complexity index is 1190. The van der Waals surface area contributed by atoms with Crippen LogP contribution >= 0.6 is 0 Å². The second kappa shape index (κ2) is 9.65. The van der Waals surface area contributed by atoms with Gasteiger partial charge in [0.1, 0.15) is 12.4 Å². The minimum Gasteiger partial charge on any atom is -0.340 e. The van der Waals surface area contributed by atoms with Crippen LogP contribution in [0, 0.1) is 6.92 Å². The van der Waals surface area contributed by atoms with Gasteiger partial charge in [0, 0.05) is 17.7 Å². The van der Waals surface area contributed by atoms with Crippen molar-refractivity contribution < 1.29 is 9.59 Å². The van der Waals surface area contributed by atoms with Crippen LogP contribution in [-0.2, 0) is 11.2 Å². The molecule has 0 bridgehead atoms. The molecule has 160 valence electrons. The summed E-state index contributed by atoms with van der Waals surface area (Å²) >= 11 is 0. The Morgan fingerprint density at radius 2 is 1.66 bits per heavy atom. The summed E-state index contributed by atoms with van der Waals surface area (Å²) in [5, 5.41) is 17.1. The fourth-order valence-electron chi connectivity index (χ4n) is 3.39. The molecule has 0 saturated carbocycles. The van der Waals surface area contributed by atoms with Gasteiger partial charge in [0.05, 0.1) is 5.69 Å². The molecular weight excluding hydrogens is 404 g/mol. The summed E-state index contributed by atoms with van der Waals surface area (Å²) in [4.78, 5) is 26.0. The number of carbonyl (C=O) groups excluding carboxylic acids is 2. The van der Waals surface area contributed by atoms with Gasteiger partial charge in [-0.1, -0.05) is 54.6 Å². The van der Waals surface area contributed by atoms with Gasteiger partial charge in [-0.2, -0.15) is 0 Å². The molecule has 0 spiro atoms. The highest BCUT2D eigenvalue weighted by atomic mass is 16.2. The molecule has 32 heavy (non-hydrogen) atoms. The molecule has 1 aromatic heterocycles. The molecule has 0 aliphatic rings. The summed E-state index contributed by atoms with van der Waals surface area (Å²) < 4.78 is 1.53. The van der Waals surface area contributed by atoms with Crippen molar-refractivity contribution in [1.82, 2.24) is 25.5 Å². The zero-order valence-corrected chi connectivity index (χ0v) is 17.5. The van der Waals surface area contributed by atoms with Gasteiger partial charge in [0.2, 0.25) is 5.91 Å². The molecule has 4 rings (SSSR count). The van der Waals surface area contributed by atoms with Crippen molar-refractivity contribution in [2.24, 2.45) is 0 Å². The third kappa shape index (κ3) is 4.86. The van der Waals surface area contributed by atoms with Gasteiger partial charge < -0.3 is 10.6 Å². The van der Waals surface area contributed by atoms with E-state index < -0.39 is 6.04 Å². The van der Waals surface area contributed by atoms with Gasteiger partial charge in [-0.3, -0.25) is 9.59 Å². The fraction of sp³-hybridized carbons (Fsp3) is 0.125. The molecule has 3 aromatic carbocycles. The van der Waals surface area contributed by atoms with Crippen LogP contribution in [0.15, 0.2) is 85.2 Å². The Kier molecular flexibility index (Phi) is 6.31. The second-order valence-electron chi connectivity index (χ2n) is 7.28. The molecule has 2 N–H and O–H groups in total. The standard InChI is InChI=1S/C24H22N6O2/c1-17-20(13-8-14-22(17)30-16-25-28-29-30)26-24(32)21(15-18-9-4-2-5-10-18)27-23(31)19-11-6-3-7-12-19/h2-14,16,21H,15H2,1H3,(H,26,32)(H,27,31)/t21-/m1/s1. The van der Waals surface area contributed by atoms with E-state index >= 15 is 0 Å². The molecule has 2 amide bonds. The number of hydrogen-bond acceptors (Lipinski definition) is 5. The van der Waals surface area contributed by atoms with Gasteiger partial charge >= 0.3 is 0 Å². The van der Waals surface area contributed by atoms with Crippen LogP contribution in [0.1, 0.15) is 21.5 Å². The Hall–Kier alpha value is -4.33. The van der Waals surface area contributed by atoms with Crippen LogP contribution in [0.25, 0.3) is 5.69 Å². The number of nitrogens with one attached hydrogen (secondary N) is 2. The number of aromatic nitrogens is 4. The number of rotatable bonds is 7. The van der Waals surface area contributed by atoms with E-state index in [1.165, 1.54) is 11.0 Å². The number of tetrazole rings is 1.